The van der Waals surface area contributed by atoms with E-state index in [2.05, 4.69) is 15.6 Å². The van der Waals surface area contributed by atoms with Crippen LogP contribution in [-0.4, -0.2) is 24.0 Å². The molecule has 0 bridgehead atoms. The fraction of sp³-hybridized carbons (Fsp3) is 0.250. The minimum Gasteiger partial charge on any atom is -0.495 e. The van der Waals surface area contributed by atoms with Gasteiger partial charge in [-0.2, -0.15) is 0 Å². The van der Waals surface area contributed by atoms with E-state index in [1.54, 1.807) is 43.6 Å². The predicted octanol–water partition coefficient (Wildman–Crippen LogP) is 3.38. The summed E-state index contributed by atoms with van der Waals surface area (Å²) >= 11 is 6.01. The maximum atomic E-state index is 12.0. The lowest BCUT2D eigenvalue weighted by atomic mass is 10.2. The van der Waals surface area contributed by atoms with E-state index >= 15 is 0 Å². The van der Waals surface area contributed by atoms with Gasteiger partial charge in [0.15, 0.2) is 0 Å². The van der Waals surface area contributed by atoms with Crippen molar-refractivity contribution < 1.29 is 9.53 Å². The molecule has 0 unspecified atom stereocenters. The third-order valence-corrected chi connectivity index (χ3v) is 3.58. The number of carbonyl (C=O) groups excluding carboxylic acids is 1. The zero-order valence-electron chi connectivity index (χ0n) is 12.1. The molecule has 6 heteroatoms. The first kappa shape index (κ1) is 14.7. The number of amides is 1. The Hall–Kier alpha value is -2.27. The number of nitrogens with zero attached hydrogens (tertiary/aromatic N) is 1. The van der Waals surface area contributed by atoms with Crippen LogP contribution < -0.4 is 15.4 Å². The van der Waals surface area contributed by atoms with Crippen molar-refractivity contribution in [2.75, 3.05) is 12.4 Å². The quantitative estimate of drug-likeness (QED) is 0.887. The van der Waals surface area contributed by atoms with E-state index in [9.17, 15) is 4.79 Å². The second-order valence-corrected chi connectivity index (χ2v) is 5.58. The highest BCUT2D eigenvalue weighted by atomic mass is 35.5. The first-order chi connectivity index (χ1) is 10.7. The molecule has 0 radical (unpaired) electrons. The Morgan fingerprint density at radius 2 is 2.14 bits per heavy atom. The van der Waals surface area contributed by atoms with Crippen LogP contribution in [0.1, 0.15) is 23.3 Å². The summed E-state index contributed by atoms with van der Waals surface area (Å²) in [6.45, 7) is 0. The first-order valence-corrected chi connectivity index (χ1v) is 7.41. The Morgan fingerprint density at radius 3 is 2.86 bits per heavy atom. The average molecular weight is 318 g/mol. The SMILES string of the molecule is COc1ccc(Cl)cc1Nc1ccnc(C(=O)NC2CC2)c1. The van der Waals surface area contributed by atoms with Crippen molar-refractivity contribution in [3.63, 3.8) is 0 Å². The van der Waals surface area contributed by atoms with Crippen molar-refractivity contribution in [2.24, 2.45) is 0 Å². The molecule has 1 aliphatic rings. The van der Waals surface area contributed by atoms with Crippen LogP contribution in [0, 0.1) is 0 Å². The molecule has 1 fully saturated rings. The van der Waals surface area contributed by atoms with Crippen LogP contribution in [0.4, 0.5) is 11.4 Å². The molecule has 0 atom stereocenters. The van der Waals surface area contributed by atoms with Gasteiger partial charge < -0.3 is 15.4 Å². The number of aromatic nitrogens is 1. The Bertz CT molecular complexity index is 702. The molecule has 5 nitrogen and oxygen atoms in total. The van der Waals surface area contributed by atoms with E-state index in [0.717, 1.165) is 24.2 Å². The van der Waals surface area contributed by atoms with Crippen LogP contribution in [0.5, 0.6) is 5.75 Å². The van der Waals surface area contributed by atoms with Crippen LogP contribution in [-0.2, 0) is 0 Å². The Labute approximate surface area is 133 Å². The molecule has 2 N–H and O–H groups in total. The fourth-order valence-electron chi connectivity index (χ4n) is 2.05. The van der Waals surface area contributed by atoms with Crippen molar-refractivity contribution in [1.82, 2.24) is 10.3 Å². The summed E-state index contributed by atoms with van der Waals surface area (Å²) in [5, 5.41) is 6.72. The topological polar surface area (TPSA) is 63.2 Å². The molecule has 1 amide bonds. The minimum absolute atomic E-state index is 0.149. The molecule has 1 aliphatic carbocycles. The smallest absolute Gasteiger partial charge is 0.270 e. The predicted molar refractivity (Wildman–Crippen MR) is 86.0 cm³/mol. The summed E-state index contributed by atoms with van der Waals surface area (Å²) < 4.78 is 5.30. The van der Waals surface area contributed by atoms with E-state index in [4.69, 9.17) is 16.3 Å². The van der Waals surface area contributed by atoms with Gasteiger partial charge in [0.1, 0.15) is 11.4 Å². The molecule has 0 aliphatic heterocycles. The third kappa shape index (κ3) is 3.49. The molecule has 0 spiro atoms. The van der Waals surface area contributed by atoms with Gasteiger partial charge in [0, 0.05) is 22.9 Å². The number of halogens is 1. The highest BCUT2D eigenvalue weighted by Gasteiger charge is 2.24. The molecular weight excluding hydrogens is 302 g/mol. The van der Waals surface area contributed by atoms with Gasteiger partial charge >= 0.3 is 0 Å². The van der Waals surface area contributed by atoms with Gasteiger partial charge in [-0.05, 0) is 43.2 Å². The summed E-state index contributed by atoms with van der Waals surface area (Å²) in [6.07, 6.45) is 3.69. The number of ether oxygens (including phenoxy) is 1. The van der Waals surface area contributed by atoms with E-state index in [1.807, 2.05) is 0 Å². The summed E-state index contributed by atoms with van der Waals surface area (Å²) in [7, 11) is 1.59. The van der Waals surface area contributed by atoms with E-state index in [1.165, 1.54) is 0 Å². The average Bonchev–Trinajstić information content (AvgIpc) is 3.32. The van der Waals surface area contributed by atoms with Crippen molar-refractivity contribution in [3.05, 3.63) is 47.2 Å². The number of rotatable bonds is 5. The Morgan fingerprint density at radius 1 is 1.32 bits per heavy atom. The number of hydrogen-bond donors (Lipinski definition) is 2. The van der Waals surface area contributed by atoms with Gasteiger partial charge in [-0.1, -0.05) is 11.6 Å². The highest BCUT2D eigenvalue weighted by molar-refractivity contribution is 6.31. The fourth-order valence-corrected chi connectivity index (χ4v) is 2.22. The van der Waals surface area contributed by atoms with Gasteiger partial charge in [-0.25, -0.2) is 0 Å². The van der Waals surface area contributed by atoms with Crippen LogP contribution in [0.3, 0.4) is 0 Å². The number of hydrogen-bond acceptors (Lipinski definition) is 4. The molecule has 1 heterocycles. The van der Waals surface area contributed by atoms with E-state index in [0.29, 0.717) is 22.5 Å². The molecule has 1 saturated carbocycles. The molecular formula is C16H16ClN3O2. The summed E-state index contributed by atoms with van der Waals surface area (Å²) in [6, 6.07) is 9.11. The van der Waals surface area contributed by atoms with Gasteiger partial charge in [0.05, 0.1) is 12.8 Å². The molecule has 22 heavy (non-hydrogen) atoms. The van der Waals surface area contributed by atoms with Gasteiger partial charge in [-0.15, -0.1) is 0 Å². The summed E-state index contributed by atoms with van der Waals surface area (Å²) in [4.78, 5) is 16.1. The Kier molecular flexibility index (Phi) is 4.15. The number of nitrogens with one attached hydrogen (secondary N) is 2. The number of methoxy groups -OCH3 is 1. The number of benzene rings is 1. The van der Waals surface area contributed by atoms with E-state index < -0.39 is 0 Å². The first-order valence-electron chi connectivity index (χ1n) is 7.03. The lowest BCUT2D eigenvalue weighted by molar-refractivity contribution is 0.0946. The lowest BCUT2D eigenvalue weighted by Gasteiger charge is -2.12. The van der Waals surface area contributed by atoms with Crippen molar-refractivity contribution in [2.45, 2.75) is 18.9 Å². The zero-order chi connectivity index (χ0) is 15.5. The number of carbonyl (C=O) groups is 1. The van der Waals surface area contributed by atoms with Crippen LogP contribution >= 0.6 is 11.6 Å². The third-order valence-electron chi connectivity index (χ3n) is 3.35. The maximum absolute atomic E-state index is 12.0. The van der Waals surface area contributed by atoms with Crippen molar-refractivity contribution in [1.29, 1.82) is 0 Å². The second kappa shape index (κ2) is 6.23. The van der Waals surface area contributed by atoms with Gasteiger partial charge in [0.2, 0.25) is 0 Å². The van der Waals surface area contributed by atoms with Crippen LogP contribution in [0.15, 0.2) is 36.5 Å². The monoisotopic (exact) mass is 317 g/mol. The largest absolute Gasteiger partial charge is 0.495 e. The minimum atomic E-state index is -0.149. The van der Waals surface area contributed by atoms with E-state index in [-0.39, 0.29) is 5.91 Å². The number of pyridine rings is 1. The zero-order valence-corrected chi connectivity index (χ0v) is 12.9. The molecule has 1 aromatic heterocycles. The molecule has 114 valence electrons. The van der Waals surface area contributed by atoms with Gasteiger partial charge in [-0.3, -0.25) is 9.78 Å². The normalized spacial score (nSPS) is 13.5. The van der Waals surface area contributed by atoms with Crippen molar-refractivity contribution >= 4 is 28.9 Å². The highest BCUT2D eigenvalue weighted by Crippen LogP contribution is 2.30. The molecule has 1 aromatic carbocycles. The lowest BCUT2D eigenvalue weighted by Crippen LogP contribution is -2.26. The number of anilines is 2. The second-order valence-electron chi connectivity index (χ2n) is 5.15. The molecule has 0 saturated heterocycles. The van der Waals surface area contributed by atoms with Gasteiger partial charge in [0.25, 0.3) is 5.91 Å². The Balaban J connectivity index is 1.80. The van der Waals surface area contributed by atoms with Crippen LogP contribution in [0.25, 0.3) is 0 Å². The molecule has 3 rings (SSSR count). The summed E-state index contributed by atoms with van der Waals surface area (Å²) in [5.74, 6) is 0.523. The molecule has 2 aromatic rings. The summed E-state index contributed by atoms with van der Waals surface area (Å²) in [5.41, 5.74) is 1.86. The standard InChI is InChI=1S/C16H16ClN3O2/c1-22-15-5-2-10(17)8-13(15)19-12-6-7-18-14(9-12)16(21)20-11-3-4-11/h2,5-9,11H,3-4H2,1H3,(H,18,19)(H,20,21). The van der Waals surface area contributed by atoms with Crippen molar-refractivity contribution in [3.8, 4) is 5.75 Å². The van der Waals surface area contributed by atoms with Crippen LogP contribution in [0.2, 0.25) is 5.02 Å². The maximum Gasteiger partial charge on any atom is 0.270 e.